The van der Waals surface area contributed by atoms with Gasteiger partial charge in [0.25, 0.3) is 0 Å². The average Bonchev–Trinajstić information content (AvgIpc) is 2.68. The highest BCUT2D eigenvalue weighted by atomic mass is 32.2. The lowest BCUT2D eigenvalue weighted by atomic mass is 10.1. The van der Waals surface area contributed by atoms with Crippen LogP contribution in [0, 0.1) is 20.8 Å². The second kappa shape index (κ2) is 9.24. The third kappa shape index (κ3) is 5.55. The molecule has 0 heterocycles. The average molecular weight is 423 g/mol. The summed E-state index contributed by atoms with van der Waals surface area (Å²) in [6.07, 6.45) is 0. The lowest BCUT2D eigenvalue weighted by molar-refractivity contribution is -0.116. The van der Waals surface area contributed by atoms with Gasteiger partial charge in [-0.15, -0.1) is 0 Å². The van der Waals surface area contributed by atoms with E-state index in [1.54, 1.807) is 30.3 Å². The Morgan fingerprint density at radius 3 is 2.10 bits per heavy atom. The molecule has 3 rings (SSSR count). The van der Waals surface area contributed by atoms with Gasteiger partial charge in [-0.05, 0) is 56.2 Å². The van der Waals surface area contributed by atoms with Crippen LogP contribution in [0.25, 0.3) is 0 Å². The minimum atomic E-state index is -3.85. The molecule has 0 unspecified atom stereocenters. The molecule has 0 aliphatic rings. The molecule has 0 atom stereocenters. The van der Waals surface area contributed by atoms with E-state index in [0.29, 0.717) is 5.69 Å². The highest BCUT2D eigenvalue weighted by Gasteiger charge is 2.27. The number of anilines is 1. The fourth-order valence-corrected chi connectivity index (χ4v) is 4.57. The number of hydrogen-bond acceptors (Lipinski definition) is 3. The summed E-state index contributed by atoms with van der Waals surface area (Å²) >= 11 is 0. The molecule has 0 aliphatic heterocycles. The van der Waals surface area contributed by atoms with Crippen molar-refractivity contribution in [3.8, 4) is 0 Å². The fraction of sp³-hybridized carbons (Fsp3) is 0.208. The zero-order valence-corrected chi connectivity index (χ0v) is 18.2. The molecular weight excluding hydrogens is 396 g/mol. The number of hydrogen-bond donors (Lipinski definition) is 1. The molecule has 5 nitrogen and oxygen atoms in total. The first-order valence-corrected chi connectivity index (χ1v) is 11.2. The molecule has 1 amide bonds. The summed E-state index contributed by atoms with van der Waals surface area (Å²) in [7, 11) is -3.85. The number of amides is 1. The molecular formula is C24H26N2O3S. The number of carbonyl (C=O) groups excluding carboxylic acids is 1. The normalized spacial score (nSPS) is 11.5. The summed E-state index contributed by atoms with van der Waals surface area (Å²) in [6, 6.07) is 21.7. The van der Waals surface area contributed by atoms with Crippen molar-refractivity contribution in [2.45, 2.75) is 32.2 Å². The quantitative estimate of drug-likeness (QED) is 0.612. The Morgan fingerprint density at radius 1 is 0.833 bits per heavy atom. The summed E-state index contributed by atoms with van der Waals surface area (Å²) < 4.78 is 27.9. The van der Waals surface area contributed by atoms with Gasteiger partial charge in [-0.3, -0.25) is 4.79 Å². The molecule has 0 radical (unpaired) electrons. The van der Waals surface area contributed by atoms with Gasteiger partial charge in [0, 0.05) is 12.2 Å². The first-order chi connectivity index (χ1) is 14.2. The first-order valence-electron chi connectivity index (χ1n) is 9.73. The number of aryl methyl sites for hydroxylation is 3. The maximum atomic E-state index is 13.3. The van der Waals surface area contributed by atoms with Crippen LogP contribution in [0.2, 0.25) is 0 Å². The van der Waals surface area contributed by atoms with Gasteiger partial charge in [-0.2, -0.15) is 4.31 Å². The predicted octanol–water partition coefficient (Wildman–Crippen LogP) is 4.44. The molecule has 0 spiro atoms. The van der Waals surface area contributed by atoms with Gasteiger partial charge in [-0.25, -0.2) is 8.42 Å². The minimum absolute atomic E-state index is 0.110. The van der Waals surface area contributed by atoms with Crippen LogP contribution in [0.3, 0.4) is 0 Å². The monoisotopic (exact) mass is 422 g/mol. The Hall–Kier alpha value is -2.96. The predicted molar refractivity (Wildman–Crippen MR) is 120 cm³/mol. The molecule has 1 N–H and O–H groups in total. The van der Waals surface area contributed by atoms with Crippen LogP contribution in [-0.4, -0.2) is 25.2 Å². The molecule has 0 aromatic heterocycles. The number of nitrogens with one attached hydrogen (secondary N) is 1. The highest BCUT2D eigenvalue weighted by Crippen LogP contribution is 2.20. The van der Waals surface area contributed by atoms with Gasteiger partial charge < -0.3 is 5.32 Å². The maximum absolute atomic E-state index is 13.3. The first kappa shape index (κ1) is 21.7. The van der Waals surface area contributed by atoms with E-state index in [4.69, 9.17) is 0 Å². The Balaban J connectivity index is 1.88. The van der Waals surface area contributed by atoms with Crippen molar-refractivity contribution in [2.75, 3.05) is 11.9 Å². The molecule has 0 bridgehead atoms. The zero-order chi connectivity index (χ0) is 21.7. The number of benzene rings is 3. The third-order valence-electron chi connectivity index (χ3n) is 4.72. The van der Waals surface area contributed by atoms with E-state index in [0.717, 1.165) is 22.3 Å². The van der Waals surface area contributed by atoms with Crippen molar-refractivity contribution in [3.05, 3.63) is 95.1 Å². The van der Waals surface area contributed by atoms with Crippen molar-refractivity contribution in [1.29, 1.82) is 0 Å². The molecule has 156 valence electrons. The zero-order valence-electron chi connectivity index (χ0n) is 17.4. The van der Waals surface area contributed by atoms with Gasteiger partial charge in [0.15, 0.2) is 0 Å². The Kier molecular flexibility index (Phi) is 6.70. The summed E-state index contributed by atoms with van der Waals surface area (Å²) in [5.41, 5.74) is 4.48. The topological polar surface area (TPSA) is 66.5 Å². The molecule has 30 heavy (non-hydrogen) atoms. The van der Waals surface area contributed by atoms with Crippen molar-refractivity contribution in [1.82, 2.24) is 4.31 Å². The molecule has 0 aliphatic carbocycles. The van der Waals surface area contributed by atoms with Crippen molar-refractivity contribution < 1.29 is 13.2 Å². The van der Waals surface area contributed by atoms with Gasteiger partial charge in [0.2, 0.25) is 15.9 Å². The van der Waals surface area contributed by atoms with Crippen LogP contribution in [-0.2, 0) is 21.4 Å². The van der Waals surface area contributed by atoms with E-state index < -0.39 is 10.0 Å². The summed E-state index contributed by atoms with van der Waals surface area (Å²) in [6.45, 7) is 5.61. The van der Waals surface area contributed by atoms with E-state index in [1.165, 1.54) is 4.31 Å². The van der Waals surface area contributed by atoms with Gasteiger partial charge >= 0.3 is 0 Å². The molecule has 0 fully saturated rings. The van der Waals surface area contributed by atoms with Crippen molar-refractivity contribution in [2.24, 2.45) is 0 Å². The van der Waals surface area contributed by atoms with Crippen LogP contribution < -0.4 is 5.32 Å². The lowest BCUT2D eigenvalue weighted by Crippen LogP contribution is -2.37. The third-order valence-corrected chi connectivity index (χ3v) is 6.53. The summed E-state index contributed by atoms with van der Waals surface area (Å²) in [4.78, 5) is 12.9. The van der Waals surface area contributed by atoms with Crippen LogP contribution in [0.15, 0.2) is 77.7 Å². The van der Waals surface area contributed by atoms with Crippen LogP contribution >= 0.6 is 0 Å². The van der Waals surface area contributed by atoms with Crippen LogP contribution in [0.4, 0.5) is 5.69 Å². The minimum Gasteiger partial charge on any atom is -0.325 e. The number of nitrogens with zero attached hydrogens (tertiary/aromatic N) is 1. The molecule has 0 saturated heterocycles. The SMILES string of the molecule is Cc1ccc(S(=O)(=O)N(CC(=O)Nc2cccc(C)c2)Cc2cccc(C)c2)cc1. The van der Waals surface area contributed by atoms with Crippen molar-refractivity contribution in [3.63, 3.8) is 0 Å². The standard InChI is InChI=1S/C24H26N2O3S/c1-18-10-12-23(13-11-18)30(28,29)26(16-21-8-4-6-19(2)14-21)17-24(27)25-22-9-5-7-20(3)15-22/h4-15H,16-17H2,1-3H3,(H,25,27). The summed E-state index contributed by atoms with van der Waals surface area (Å²) in [5, 5.41) is 2.80. The molecule has 3 aromatic carbocycles. The fourth-order valence-electron chi connectivity index (χ4n) is 3.18. The summed E-state index contributed by atoms with van der Waals surface area (Å²) in [5.74, 6) is -0.385. The van der Waals surface area contributed by atoms with Gasteiger partial charge in [-0.1, -0.05) is 59.7 Å². The molecule has 0 saturated carbocycles. The Bertz CT molecular complexity index is 1140. The van der Waals surface area contributed by atoms with E-state index >= 15 is 0 Å². The maximum Gasteiger partial charge on any atom is 0.243 e. The van der Waals surface area contributed by atoms with Gasteiger partial charge in [0.05, 0.1) is 11.4 Å². The number of sulfonamides is 1. The highest BCUT2D eigenvalue weighted by molar-refractivity contribution is 7.89. The number of rotatable bonds is 7. The Morgan fingerprint density at radius 2 is 1.47 bits per heavy atom. The van der Waals surface area contributed by atoms with E-state index in [2.05, 4.69) is 5.32 Å². The number of carbonyl (C=O) groups is 1. The lowest BCUT2D eigenvalue weighted by Gasteiger charge is -2.22. The van der Waals surface area contributed by atoms with Crippen LogP contribution in [0.1, 0.15) is 22.3 Å². The second-order valence-corrected chi connectivity index (χ2v) is 9.43. The van der Waals surface area contributed by atoms with E-state index in [9.17, 15) is 13.2 Å². The smallest absolute Gasteiger partial charge is 0.243 e. The van der Waals surface area contributed by atoms with Crippen LogP contribution in [0.5, 0.6) is 0 Å². The largest absolute Gasteiger partial charge is 0.325 e. The second-order valence-electron chi connectivity index (χ2n) is 7.49. The van der Waals surface area contributed by atoms with Crippen molar-refractivity contribution >= 4 is 21.6 Å². The van der Waals surface area contributed by atoms with E-state index in [1.807, 2.05) is 63.2 Å². The molecule has 3 aromatic rings. The van der Waals surface area contributed by atoms with Gasteiger partial charge in [0.1, 0.15) is 0 Å². The Labute approximate surface area is 178 Å². The molecule has 6 heteroatoms. The van der Waals surface area contributed by atoms with E-state index in [-0.39, 0.29) is 23.9 Å².